The van der Waals surface area contributed by atoms with E-state index in [-0.39, 0.29) is 28.2 Å². The van der Waals surface area contributed by atoms with E-state index in [0.717, 1.165) is 6.07 Å². The maximum absolute atomic E-state index is 9.38. The van der Waals surface area contributed by atoms with Gasteiger partial charge in [-0.2, -0.15) is 0 Å². The van der Waals surface area contributed by atoms with Gasteiger partial charge in [0.2, 0.25) is 0 Å². The number of phenols is 2. The van der Waals surface area contributed by atoms with Crippen molar-refractivity contribution >= 4 is 11.0 Å². The zero-order valence-electron chi connectivity index (χ0n) is 6.98. The van der Waals surface area contributed by atoms with Crippen molar-refractivity contribution < 1.29 is 19.7 Å². The van der Waals surface area contributed by atoms with Crippen molar-refractivity contribution in [1.82, 2.24) is 0 Å². The van der Waals surface area contributed by atoms with E-state index in [1.807, 2.05) is 0 Å². The van der Waals surface area contributed by atoms with Gasteiger partial charge in [-0.05, 0) is 0 Å². The minimum absolute atomic E-state index is 0.144. The Hall–Kier alpha value is -2.17. The molecule has 0 aliphatic rings. The van der Waals surface area contributed by atoms with E-state index >= 15 is 0 Å². The molecule has 0 aliphatic heterocycles. The van der Waals surface area contributed by atoms with Gasteiger partial charge in [0.05, 0.1) is 5.39 Å². The zero-order valence-corrected chi connectivity index (χ0v) is 6.98. The monoisotopic (exact) mass is 193 g/mol. The zero-order chi connectivity index (χ0) is 10.3. The molecule has 0 atom stereocenters. The molecule has 2 aromatic rings. The molecule has 1 aromatic carbocycles. The molecule has 72 valence electrons. The molecule has 1 aromatic heterocycles. The molecular formula is C9H7NO4. The van der Waals surface area contributed by atoms with Crippen LogP contribution in [0.25, 0.3) is 11.0 Å². The Labute approximate surface area is 78.0 Å². The predicted octanol–water partition coefficient (Wildman–Crippen LogP) is 1.03. The molecule has 1 heterocycles. The van der Waals surface area contributed by atoms with Crippen LogP contribution >= 0.6 is 0 Å². The highest BCUT2D eigenvalue weighted by molar-refractivity contribution is 5.85. The summed E-state index contributed by atoms with van der Waals surface area (Å²) in [7, 11) is 0. The molecule has 5 nitrogen and oxygen atoms in total. The summed E-state index contributed by atoms with van der Waals surface area (Å²) in [5.41, 5.74) is -0.271. The summed E-state index contributed by atoms with van der Waals surface area (Å²) in [4.78, 5) is 0. The van der Waals surface area contributed by atoms with Crippen LogP contribution in [-0.2, 0) is 0 Å². The third-order valence-corrected chi connectivity index (χ3v) is 1.83. The second-order valence-corrected chi connectivity index (χ2v) is 2.84. The van der Waals surface area contributed by atoms with Gasteiger partial charge in [-0.3, -0.25) is 5.41 Å². The Morgan fingerprint density at radius 1 is 1.00 bits per heavy atom. The Morgan fingerprint density at radius 3 is 2.43 bits per heavy atom. The molecule has 0 unspecified atom stereocenters. The van der Waals surface area contributed by atoms with Gasteiger partial charge < -0.3 is 19.7 Å². The molecule has 14 heavy (non-hydrogen) atoms. The molecule has 0 amide bonds. The first-order valence-electron chi connectivity index (χ1n) is 3.81. The van der Waals surface area contributed by atoms with Crippen LogP contribution in [0.15, 0.2) is 22.6 Å². The van der Waals surface area contributed by atoms with Crippen molar-refractivity contribution in [2.24, 2.45) is 0 Å². The SMILES string of the molecule is N=c1oc2cc(O)cc(O)c2cc1O. The second kappa shape index (κ2) is 2.66. The number of fused-ring (bicyclic) bond motifs is 1. The minimum Gasteiger partial charge on any atom is -0.508 e. The van der Waals surface area contributed by atoms with E-state index in [9.17, 15) is 5.11 Å². The molecule has 0 fully saturated rings. The molecule has 2 rings (SSSR count). The fraction of sp³-hybridized carbons (Fsp3) is 0. The van der Waals surface area contributed by atoms with E-state index in [4.69, 9.17) is 20.0 Å². The van der Waals surface area contributed by atoms with Crippen molar-refractivity contribution in [3.63, 3.8) is 0 Å². The van der Waals surface area contributed by atoms with Crippen LogP contribution in [0.1, 0.15) is 0 Å². The Balaban J connectivity index is 2.96. The first-order chi connectivity index (χ1) is 6.58. The highest BCUT2D eigenvalue weighted by Gasteiger charge is 2.07. The summed E-state index contributed by atoms with van der Waals surface area (Å²) in [6.07, 6.45) is 0. The van der Waals surface area contributed by atoms with Crippen molar-refractivity contribution in [3.8, 4) is 17.2 Å². The van der Waals surface area contributed by atoms with Gasteiger partial charge in [-0.25, -0.2) is 0 Å². The maximum Gasteiger partial charge on any atom is 0.254 e. The number of nitrogens with one attached hydrogen (secondary N) is 1. The lowest BCUT2D eigenvalue weighted by atomic mass is 10.2. The van der Waals surface area contributed by atoms with Crippen molar-refractivity contribution in [2.75, 3.05) is 0 Å². The van der Waals surface area contributed by atoms with Gasteiger partial charge in [0.25, 0.3) is 5.55 Å². The van der Waals surface area contributed by atoms with Crippen LogP contribution in [0, 0.1) is 5.41 Å². The lowest BCUT2D eigenvalue weighted by Crippen LogP contribution is -1.97. The Kier molecular flexibility index (Phi) is 1.60. The van der Waals surface area contributed by atoms with Gasteiger partial charge in [-0.1, -0.05) is 0 Å². The highest BCUT2D eigenvalue weighted by Crippen LogP contribution is 2.30. The van der Waals surface area contributed by atoms with Crippen LogP contribution in [0.5, 0.6) is 17.2 Å². The summed E-state index contributed by atoms with van der Waals surface area (Å²) in [5.74, 6) is -0.735. The molecule has 4 N–H and O–H groups in total. The van der Waals surface area contributed by atoms with Crippen LogP contribution < -0.4 is 5.55 Å². The van der Waals surface area contributed by atoms with Gasteiger partial charge in [0.15, 0.2) is 5.75 Å². The molecule has 0 saturated carbocycles. The molecular weight excluding hydrogens is 186 g/mol. The van der Waals surface area contributed by atoms with Gasteiger partial charge in [-0.15, -0.1) is 0 Å². The minimum atomic E-state index is -0.414. The molecule has 5 heteroatoms. The summed E-state index contributed by atoms with van der Waals surface area (Å²) < 4.78 is 4.85. The normalized spacial score (nSPS) is 10.6. The average molecular weight is 193 g/mol. The maximum atomic E-state index is 9.38. The van der Waals surface area contributed by atoms with Crippen molar-refractivity contribution in [1.29, 1.82) is 5.41 Å². The van der Waals surface area contributed by atoms with Crippen LogP contribution in [0.3, 0.4) is 0 Å². The fourth-order valence-electron chi connectivity index (χ4n) is 1.19. The summed E-state index contributed by atoms with van der Waals surface area (Å²) in [5, 5.41) is 35.1. The van der Waals surface area contributed by atoms with Gasteiger partial charge >= 0.3 is 0 Å². The topological polar surface area (TPSA) is 97.7 Å². The standard InChI is InChI=1S/C9H7NO4/c10-9-7(13)3-5-6(12)1-4(11)2-8(5)14-9/h1-3,10-13H. The lowest BCUT2D eigenvalue weighted by molar-refractivity contribution is 0.410. The molecule has 0 saturated heterocycles. The molecule has 0 aliphatic carbocycles. The lowest BCUT2D eigenvalue weighted by Gasteiger charge is -2.01. The first-order valence-corrected chi connectivity index (χ1v) is 3.81. The molecule has 0 spiro atoms. The number of hydrogen-bond acceptors (Lipinski definition) is 5. The van der Waals surface area contributed by atoms with Gasteiger partial charge in [0, 0.05) is 18.2 Å². The van der Waals surface area contributed by atoms with Gasteiger partial charge in [0.1, 0.15) is 17.1 Å². The summed E-state index contributed by atoms with van der Waals surface area (Å²) >= 11 is 0. The smallest absolute Gasteiger partial charge is 0.254 e. The third-order valence-electron chi connectivity index (χ3n) is 1.83. The van der Waals surface area contributed by atoms with E-state index in [1.54, 1.807) is 0 Å². The summed E-state index contributed by atoms with van der Waals surface area (Å²) in [6.45, 7) is 0. The van der Waals surface area contributed by atoms with E-state index in [0.29, 0.717) is 0 Å². The number of rotatable bonds is 0. The van der Waals surface area contributed by atoms with Crippen LogP contribution in [0.2, 0.25) is 0 Å². The number of phenolic OH excluding ortho intramolecular Hbond substituents is 2. The molecule has 0 radical (unpaired) electrons. The predicted molar refractivity (Wildman–Crippen MR) is 47.1 cm³/mol. The van der Waals surface area contributed by atoms with Crippen LogP contribution in [0.4, 0.5) is 0 Å². The quantitative estimate of drug-likeness (QED) is 0.502. The second-order valence-electron chi connectivity index (χ2n) is 2.84. The largest absolute Gasteiger partial charge is 0.508 e. The van der Waals surface area contributed by atoms with E-state index in [2.05, 4.69) is 0 Å². The number of hydrogen-bond donors (Lipinski definition) is 4. The number of benzene rings is 1. The fourth-order valence-corrected chi connectivity index (χ4v) is 1.19. The molecule has 0 bridgehead atoms. The summed E-state index contributed by atoms with van der Waals surface area (Å²) in [6, 6.07) is 3.59. The number of aromatic hydroxyl groups is 3. The van der Waals surface area contributed by atoms with Crippen molar-refractivity contribution in [2.45, 2.75) is 0 Å². The Bertz CT molecular complexity index is 558. The first kappa shape index (κ1) is 8.43. The van der Waals surface area contributed by atoms with E-state index < -0.39 is 5.55 Å². The van der Waals surface area contributed by atoms with Crippen LogP contribution in [-0.4, -0.2) is 15.3 Å². The van der Waals surface area contributed by atoms with E-state index in [1.165, 1.54) is 12.1 Å². The third kappa shape index (κ3) is 1.15. The Morgan fingerprint density at radius 2 is 1.71 bits per heavy atom. The average Bonchev–Trinajstić information content (AvgIpc) is 2.08. The highest BCUT2D eigenvalue weighted by atomic mass is 16.4. The van der Waals surface area contributed by atoms with Crippen molar-refractivity contribution in [3.05, 3.63) is 23.8 Å².